The van der Waals surface area contributed by atoms with E-state index in [0.717, 1.165) is 25.7 Å². The average Bonchev–Trinajstić information content (AvgIpc) is 2.42. The Bertz CT molecular complexity index is 461. The van der Waals surface area contributed by atoms with E-state index in [-0.39, 0.29) is 36.0 Å². The predicted molar refractivity (Wildman–Crippen MR) is 70.1 cm³/mol. The van der Waals surface area contributed by atoms with Crippen LogP contribution < -0.4 is 5.32 Å². The van der Waals surface area contributed by atoms with E-state index in [4.69, 9.17) is 0 Å². The Balaban J connectivity index is 2.05. The summed E-state index contributed by atoms with van der Waals surface area (Å²) in [5, 5.41) is 30.8. The Morgan fingerprint density at radius 1 is 1.21 bits per heavy atom. The SMILES string of the molecule is O=C(NC1CCCCC1CO)c1ccc(O)c(O)c1. The Hall–Kier alpha value is -1.75. The van der Waals surface area contributed by atoms with Gasteiger partial charge in [-0.2, -0.15) is 0 Å². The van der Waals surface area contributed by atoms with Crippen LogP contribution >= 0.6 is 0 Å². The molecule has 0 aliphatic heterocycles. The molecule has 1 amide bonds. The maximum Gasteiger partial charge on any atom is 0.251 e. The summed E-state index contributed by atoms with van der Waals surface area (Å²) >= 11 is 0. The summed E-state index contributed by atoms with van der Waals surface area (Å²) in [7, 11) is 0. The zero-order valence-electron chi connectivity index (χ0n) is 10.7. The number of carbonyl (C=O) groups excluding carboxylic acids is 1. The molecule has 0 heterocycles. The van der Waals surface area contributed by atoms with E-state index in [0.29, 0.717) is 5.56 Å². The Morgan fingerprint density at radius 2 is 1.95 bits per heavy atom. The molecule has 1 aromatic rings. The van der Waals surface area contributed by atoms with Crippen molar-refractivity contribution in [2.24, 2.45) is 5.92 Å². The molecule has 2 rings (SSSR count). The highest BCUT2D eigenvalue weighted by Gasteiger charge is 2.26. The van der Waals surface area contributed by atoms with E-state index in [1.165, 1.54) is 18.2 Å². The van der Waals surface area contributed by atoms with Crippen LogP contribution in [-0.2, 0) is 0 Å². The van der Waals surface area contributed by atoms with Crippen molar-refractivity contribution in [1.82, 2.24) is 5.32 Å². The number of aromatic hydroxyl groups is 2. The first-order chi connectivity index (χ1) is 9.11. The molecule has 4 N–H and O–H groups in total. The predicted octanol–water partition coefficient (Wildman–Crippen LogP) is 1.38. The number of carbonyl (C=O) groups is 1. The van der Waals surface area contributed by atoms with Gasteiger partial charge in [-0.15, -0.1) is 0 Å². The van der Waals surface area contributed by atoms with E-state index in [9.17, 15) is 20.1 Å². The molecule has 2 atom stereocenters. The highest BCUT2D eigenvalue weighted by atomic mass is 16.3. The second kappa shape index (κ2) is 5.93. The third-order valence-electron chi connectivity index (χ3n) is 3.70. The molecule has 0 radical (unpaired) electrons. The number of nitrogens with one attached hydrogen (secondary N) is 1. The lowest BCUT2D eigenvalue weighted by atomic mass is 9.85. The molecule has 1 aliphatic carbocycles. The van der Waals surface area contributed by atoms with Crippen molar-refractivity contribution < 1.29 is 20.1 Å². The van der Waals surface area contributed by atoms with Gasteiger partial charge in [0.15, 0.2) is 11.5 Å². The van der Waals surface area contributed by atoms with Crippen molar-refractivity contribution in [2.75, 3.05) is 6.61 Å². The monoisotopic (exact) mass is 265 g/mol. The molecular formula is C14H19NO4. The molecule has 0 spiro atoms. The Labute approximate surface area is 111 Å². The second-order valence-corrected chi connectivity index (χ2v) is 5.01. The normalized spacial score (nSPS) is 23.0. The summed E-state index contributed by atoms with van der Waals surface area (Å²) in [6.07, 6.45) is 3.91. The van der Waals surface area contributed by atoms with Crippen molar-refractivity contribution in [3.8, 4) is 11.5 Å². The van der Waals surface area contributed by atoms with Crippen LogP contribution in [0.2, 0.25) is 0 Å². The van der Waals surface area contributed by atoms with E-state index in [1.807, 2.05) is 0 Å². The Morgan fingerprint density at radius 3 is 2.63 bits per heavy atom. The Kier molecular flexibility index (Phi) is 4.27. The first-order valence-electron chi connectivity index (χ1n) is 6.55. The molecule has 0 saturated heterocycles. The summed E-state index contributed by atoms with van der Waals surface area (Å²) in [6.45, 7) is 0.0752. The van der Waals surface area contributed by atoms with E-state index in [2.05, 4.69) is 5.32 Å². The fraction of sp³-hybridized carbons (Fsp3) is 0.500. The number of amides is 1. The number of rotatable bonds is 3. The summed E-state index contributed by atoms with van der Waals surface area (Å²) in [5.74, 6) is -0.749. The van der Waals surface area contributed by atoms with Crippen molar-refractivity contribution >= 4 is 5.91 Å². The summed E-state index contributed by atoms with van der Waals surface area (Å²) in [6, 6.07) is 3.96. The smallest absolute Gasteiger partial charge is 0.251 e. The lowest BCUT2D eigenvalue weighted by Crippen LogP contribution is -2.43. The lowest BCUT2D eigenvalue weighted by molar-refractivity contribution is 0.0872. The maximum atomic E-state index is 12.1. The van der Waals surface area contributed by atoms with Crippen molar-refractivity contribution in [3.63, 3.8) is 0 Å². The summed E-state index contributed by atoms with van der Waals surface area (Å²) in [5.41, 5.74) is 0.303. The second-order valence-electron chi connectivity index (χ2n) is 5.01. The van der Waals surface area contributed by atoms with Gasteiger partial charge in [-0.25, -0.2) is 0 Å². The molecule has 0 bridgehead atoms. The van der Waals surface area contributed by atoms with Crippen molar-refractivity contribution in [3.05, 3.63) is 23.8 Å². The van der Waals surface area contributed by atoms with Crippen LogP contribution in [0.1, 0.15) is 36.0 Å². The molecule has 0 aromatic heterocycles. The number of hydrogen-bond donors (Lipinski definition) is 4. The van der Waals surface area contributed by atoms with Gasteiger partial charge in [0, 0.05) is 24.1 Å². The molecule has 1 aromatic carbocycles. The van der Waals surface area contributed by atoms with Crippen molar-refractivity contribution in [2.45, 2.75) is 31.7 Å². The van der Waals surface area contributed by atoms with Crippen LogP contribution in [-0.4, -0.2) is 33.9 Å². The van der Waals surface area contributed by atoms with E-state index >= 15 is 0 Å². The minimum absolute atomic E-state index is 0.0257. The van der Waals surface area contributed by atoms with Crippen molar-refractivity contribution in [1.29, 1.82) is 0 Å². The molecule has 1 aliphatic rings. The molecule has 2 unspecified atom stereocenters. The lowest BCUT2D eigenvalue weighted by Gasteiger charge is -2.30. The van der Waals surface area contributed by atoms with Gasteiger partial charge < -0.3 is 20.6 Å². The van der Waals surface area contributed by atoms with Crippen LogP contribution in [0.25, 0.3) is 0 Å². The number of hydrogen-bond acceptors (Lipinski definition) is 4. The van der Waals surface area contributed by atoms with Gasteiger partial charge in [0.25, 0.3) is 5.91 Å². The van der Waals surface area contributed by atoms with Gasteiger partial charge in [0.05, 0.1) is 0 Å². The third kappa shape index (κ3) is 3.17. The summed E-state index contributed by atoms with van der Waals surface area (Å²) < 4.78 is 0. The zero-order chi connectivity index (χ0) is 13.8. The number of aliphatic hydroxyl groups is 1. The number of phenolic OH excluding ortho intramolecular Hbond substituents is 2. The molecule has 19 heavy (non-hydrogen) atoms. The zero-order valence-corrected chi connectivity index (χ0v) is 10.7. The number of benzene rings is 1. The topological polar surface area (TPSA) is 89.8 Å². The molecule has 5 nitrogen and oxygen atoms in total. The van der Waals surface area contributed by atoms with Gasteiger partial charge in [0.2, 0.25) is 0 Å². The van der Waals surface area contributed by atoms with Crippen LogP contribution in [0.5, 0.6) is 11.5 Å². The van der Waals surface area contributed by atoms with E-state index in [1.54, 1.807) is 0 Å². The first kappa shape index (κ1) is 13.7. The molecule has 1 fully saturated rings. The summed E-state index contributed by atoms with van der Waals surface area (Å²) in [4.78, 5) is 12.1. The van der Waals surface area contributed by atoms with Gasteiger partial charge in [0.1, 0.15) is 0 Å². The van der Waals surface area contributed by atoms with Gasteiger partial charge in [-0.3, -0.25) is 4.79 Å². The fourth-order valence-electron chi connectivity index (χ4n) is 2.53. The van der Waals surface area contributed by atoms with E-state index < -0.39 is 0 Å². The first-order valence-corrected chi connectivity index (χ1v) is 6.55. The minimum Gasteiger partial charge on any atom is -0.504 e. The maximum absolute atomic E-state index is 12.1. The van der Waals surface area contributed by atoms with Gasteiger partial charge in [-0.05, 0) is 31.0 Å². The van der Waals surface area contributed by atoms with Crippen LogP contribution in [0, 0.1) is 5.92 Å². The quantitative estimate of drug-likeness (QED) is 0.621. The highest BCUT2D eigenvalue weighted by Crippen LogP contribution is 2.26. The van der Waals surface area contributed by atoms with Crippen LogP contribution in [0.15, 0.2) is 18.2 Å². The highest BCUT2D eigenvalue weighted by molar-refractivity contribution is 5.95. The fourth-order valence-corrected chi connectivity index (χ4v) is 2.53. The van der Waals surface area contributed by atoms with Crippen LogP contribution in [0.3, 0.4) is 0 Å². The molecule has 1 saturated carbocycles. The standard InChI is InChI=1S/C14H19NO4/c16-8-10-3-1-2-4-11(10)15-14(19)9-5-6-12(17)13(18)7-9/h5-7,10-11,16-18H,1-4,8H2,(H,15,19). The molecule has 5 heteroatoms. The average molecular weight is 265 g/mol. The molecular weight excluding hydrogens is 246 g/mol. The number of phenols is 2. The number of aliphatic hydroxyl groups excluding tert-OH is 1. The van der Waals surface area contributed by atoms with Gasteiger partial charge in [-0.1, -0.05) is 12.8 Å². The van der Waals surface area contributed by atoms with Gasteiger partial charge >= 0.3 is 0 Å². The minimum atomic E-state index is -0.310. The van der Waals surface area contributed by atoms with Crippen LogP contribution in [0.4, 0.5) is 0 Å². The largest absolute Gasteiger partial charge is 0.504 e. The molecule has 104 valence electrons. The third-order valence-corrected chi connectivity index (χ3v) is 3.70.